The van der Waals surface area contributed by atoms with Gasteiger partial charge in [-0.15, -0.1) is 10.2 Å². The summed E-state index contributed by atoms with van der Waals surface area (Å²) < 4.78 is 30.4. The molecule has 1 fully saturated rings. The van der Waals surface area contributed by atoms with E-state index in [0.717, 1.165) is 35.5 Å². The first kappa shape index (κ1) is 20.1. The molecule has 3 atom stereocenters. The van der Waals surface area contributed by atoms with E-state index in [4.69, 9.17) is 0 Å². The van der Waals surface area contributed by atoms with Crippen LogP contribution in [0.2, 0.25) is 0 Å². The van der Waals surface area contributed by atoms with E-state index in [1.54, 1.807) is 12.4 Å². The number of nitrogens with one attached hydrogen (secondary N) is 2. The molecule has 1 saturated carbocycles. The molecule has 0 radical (unpaired) electrons. The molecule has 4 aromatic heterocycles. The lowest BCUT2D eigenvalue weighted by atomic mass is 9.93. The molecule has 3 unspecified atom stereocenters. The van der Waals surface area contributed by atoms with Crippen molar-refractivity contribution in [3.8, 4) is 0 Å². The third kappa shape index (κ3) is 3.92. The Kier molecular flexibility index (Phi) is 5.19. The summed E-state index contributed by atoms with van der Waals surface area (Å²) in [6, 6.07) is 7.40. The molecule has 162 valence electrons. The third-order valence-electron chi connectivity index (χ3n) is 6.22. The highest BCUT2D eigenvalue weighted by Gasteiger charge is 2.38. The molecule has 1 aliphatic rings. The minimum Gasteiger partial charge on any atom is -0.345 e. The first-order valence-electron chi connectivity index (χ1n) is 10.6. The SMILES string of the molecule is CCC1CC(NS(=O)(=O)CCc2ccccn2)CC1c1nnc2cnc3[nH]ccc3n12. The zero-order valence-electron chi connectivity index (χ0n) is 17.3. The van der Waals surface area contributed by atoms with Gasteiger partial charge < -0.3 is 4.98 Å². The van der Waals surface area contributed by atoms with E-state index in [1.807, 2.05) is 34.9 Å². The van der Waals surface area contributed by atoms with E-state index < -0.39 is 10.0 Å². The molecule has 0 aliphatic heterocycles. The van der Waals surface area contributed by atoms with Crippen molar-refractivity contribution in [2.24, 2.45) is 5.92 Å². The normalized spacial score (nSPS) is 21.9. The number of fused-ring (bicyclic) bond motifs is 3. The van der Waals surface area contributed by atoms with E-state index in [0.29, 0.717) is 24.4 Å². The third-order valence-corrected chi connectivity index (χ3v) is 7.65. The Bertz CT molecular complexity index is 1300. The lowest BCUT2D eigenvalue weighted by Crippen LogP contribution is -2.35. The molecule has 0 bridgehead atoms. The second kappa shape index (κ2) is 8.01. The van der Waals surface area contributed by atoms with Crippen LogP contribution in [0, 0.1) is 5.92 Å². The van der Waals surface area contributed by atoms with Crippen molar-refractivity contribution in [1.82, 2.24) is 34.3 Å². The monoisotopic (exact) mass is 439 g/mol. The number of H-pyrrole nitrogens is 1. The van der Waals surface area contributed by atoms with E-state index in [9.17, 15) is 8.42 Å². The number of sulfonamides is 1. The summed E-state index contributed by atoms with van der Waals surface area (Å²) >= 11 is 0. The quantitative estimate of drug-likeness (QED) is 0.457. The van der Waals surface area contributed by atoms with Gasteiger partial charge in [-0.25, -0.2) is 18.1 Å². The fourth-order valence-electron chi connectivity index (χ4n) is 4.72. The zero-order chi connectivity index (χ0) is 21.4. The summed E-state index contributed by atoms with van der Waals surface area (Å²) in [7, 11) is -3.40. The lowest BCUT2D eigenvalue weighted by Gasteiger charge is -2.16. The van der Waals surface area contributed by atoms with Gasteiger partial charge in [-0.1, -0.05) is 19.4 Å². The van der Waals surface area contributed by atoms with Crippen LogP contribution in [0.4, 0.5) is 0 Å². The summed E-state index contributed by atoms with van der Waals surface area (Å²) in [5.74, 6) is 1.37. The number of hydrogen-bond acceptors (Lipinski definition) is 6. The molecule has 5 rings (SSSR count). The Morgan fingerprint density at radius 3 is 2.90 bits per heavy atom. The Morgan fingerprint density at radius 1 is 1.19 bits per heavy atom. The highest BCUT2D eigenvalue weighted by Crippen LogP contribution is 2.41. The first-order chi connectivity index (χ1) is 15.0. The van der Waals surface area contributed by atoms with Crippen LogP contribution >= 0.6 is 0 Å². The van der Waals surface area contributed by atoms with E-state index in [2.05, 4.69) is 36.8 Å². The summed E-state index contributed by atoms with van der Waals surface area (Å²) in [6.45, 7) is 2.15. The number of hydrogen-bond donors (Lipinski definition) is 2. The number of aryl methyl sites for hydroxylation is 1. The maximum Gasteiger partial charge on any atom is 0.212 e. The minimum absolute atomic E-state index is 0.0332. The van der Waals surface area contributed by atoms with Gasteiger partial charge in [-0.05, 0) is 37.0 Å². The van der Waals surface area contributed by atoms with Gasteiger partial charge in [0.15, 0.2) is 11.3 Å². The van der Waals surface area contributed by atoms with Crippen LogP contribution in [0.25, 0.3) is 16.8 Å². The van der Waals surface area contributed by atoms with Gasteiger partial charge >= 0.3 is 0 Å². The largest absolute Gasteiger partial charge is 0.345 e. The van der Waals surface area contributed by atoms with Gasteiger partial charge in [0.1, 0.15) is 5.82 Å². The van der Waals surface area contributed by atoms with Crippen molar-refractivity contribution in [1.29, 1.82) is 0 Å². The van der Waals surface area contributed by atoms with Crippen molar-refractivity contribution in [2.45, 2.75) is 44.6 Å². The summed E-state index contributed by atoms with van der Waals surface area (Å²) in [4.78, 5) is 11.7. The Morgan fingerprint density at radius 2 is 2.10 bits per heavy atom. The topological polar surface area (TPSA) is 118 Å². The average molecular weight is 440 g/mol. The Hall–Kier alpha value is -2.85. The fraction of sp³-hybridized carbons (Fsp3) is 0.429. The second-order valence-corrected chi connectivity index (χ2v) is 10.0. The molecule has 31 heavy (non-hydrogen) atoms. The molecule has 9 nitrogen and oxygen atoms in total. The molecular weight excluding hydrogens is 414 g/mol. The summed E-state index contributed by atoms with van der Waals surface area (Å²) in [6.07, 6.45) is 8.09. The van der Waals surface area contributed by atoms with Crippen LogP contribution < -0.4 is 4.72 Å². The maximum absolute atomic E-state index is 12.7. The highest BCUT2D eigenvalue weighted by molar-refractivity contribution is 7.89. The van der Waals surface area contributed by atoms with Crippen LogP contribution in [-0.4, -0.2) is 49.8 Å². The molecule has 2 N–H and O–H groups in total. The molecule has 0 spiro atoms. The predicted molar refractivity (Wildman–Crippen MR) is 117 cm³/mol. The predicted octanol–water partition coefficient (Wildman–Crippen LogP) is 2.43. The van der Waals surface area contributed by atoms with E-state index in [-0.39, 0.29) is 17.7 Å². The zero-order valence-corrected chi connectivity index (χ0v) is 18.1. The molecule has 10 heteroatoms. The number of aromatic nitrogens is 6. The first-order valence-corrected chi connectivity index (χ1v) is 12.3. The molecule has 4 aromatic rings. The van der Waals surface area contributed by atoms with E-state index in [1.165, 1.54) is 0 Å². The molecule has 0 saturated heterocycles. The average Bonchev–Trinajstić information content (AvgIpc) is 3.49. The van der Waals surface area contributed by atoms with Gasteiger partial charge in [-0.2, -0.15) is 0 Å². The smallest absolute Gasteiger partial charge is 0.212 e. The Balaban J connectivity index is 1.35. The number of aromatic amines is 1. The molecule has 0 amide bonds. The lowest BCUT2D eigenvalue weighted by molar-refractivity contribution is 0.449. The minimum atomic E-state index is -3.40. The number of rotatable bonds is 7. The van der Waals surface area contributed by atoms with Crippen molar-refractivity contribution in [3.63, 3.8) is 0 Å². The maximum atomic E-state index is 12.7. The summed E-state index contributed by atoms with van der Waals surface area (Å²) in [5, 5.41) is 8.80. The van der Waals surface area contributed by atoms with Crippen LogP contribution in [0.1, 0.15) is 43.6 Å². The van der Waals surface area contributed by atoms with Gasteiger partial charge in [-0.3, -0.25) is 9.38 Å². The van der Waals surface area contributed by atoms with Crippen LogP contribution in [-0.2, 0) is 16.4 Å². The van der Waals surface area contributed by atoms with Crippen molar-refractivity contribution in [2.75, 3.05) is 5.75 Å². The Labute approximate surface area is 180 Å². The number of nitrogens with zero attached hydrogens (tertiary/aromatic N) is 5. The van der Waals surface area contributed by atoms with Crippen molar-refractivity contribution >= 4 is 26.8 Å². The van der Waals surface area contributed by atoms with Gasteiger partial charge in [0.2, 0.25) is 10.0 Å². The number of pyridine rings is 1. The molecule has 1 aliphatic carbocycles. The van der Waals surface area contributed by atoms with Gasteiger partial charge in [0.25, 0.3) is 0 Å². The van der Waals surface area contributed by atoms with Crippen LogP contribution in [0.5, 0.6) is 0 Å². The molecule has 4 heterocycles. The molecular formula is C21H25N7O2S. The fourth-order valence-corrected chi connectivity index (χ4v) is 6.02. The summed E-state index contributed by atoms with van der Waals surface area (Å²) in [5.41, 5.74) is 3.21. The van der Waals surface area contributed by atoms with Gasteiger partial charge in [0, 0.05) is 36.5 Å². The standard InChI is InChI=1S/C21H25N7O2S/c1-2-14-11-16(27-31(29,30)10-7-15-5-3-4-8-22-15)12-17(14)21-26-25-19-13-24-20-18(28(19)21)6-9-23-20/h3-6,8-9,13-14,16-17,23,27H,2,7,10-12H2,1H3. The van der Waals surface area contributed by atoms with Gasteiger partial charge in [0.05, 0.1) is 17.5 Å². The van der Waals surface area contributed by atoms with E-state index >= 15 is 0 Å². The molecule has 0 aromatic carbocycles. The highest BCUT2D eigenvalue weighted by atomic mass is 32.2. The second-order valence-electron chi connectivity index (χ2n) is 8.17. The van der Waals surface area contributed by atoms with Crippen LogP contribution in [0.3, 0.4) is 0 Å². The van der Waals surface area contributed by atoms with Crippen molar-refractivity contribution in [3.05, 3.63) is 54.4 Å². The van der Waals surface area contributed by atoms with Crippen LogP contribution in [0.15, 0.2) is 42.9 Å². The van der Waals surface area contributed by atoms with Crippen molar-refractivity contribution < 1.29 is 8.42 Å².